The van der Waals surface area contributed by atoms with Crippen molar-refractivity contribution in [3.63, 3.8) is 0 Å². The van der Waals surface area contributed by atoms with Crippen molar-refractivity contribution >= 4 is 34.7 Å². The van der Waals surface area contributed by atoms with E-state index in [2.05, 4.69) is 0 Å². The van der Waals surface area contributed by atoms with Gasteiger partial charge in [-0.15, -0.1) is 11.3 Å². The van der Waals surface area contributed by atoms with Gasteiger partial charge in [0.05, 0.1) is 25.5 Å². The first-order valence-corrected chi connectivity index (χ1v) is 13.1. The number of amides is 2. The predicted molar refractivity (Wildman–Crippen MR) is 136 cm³/mol. The molecule has 8 heteroatoms. The van der Waals surface area contributed by atoms with E-state index in [-0.39, 0.29) is 42.1 Å². The number of hydrogen-bond donors (Lipinski definition) is 1. The number of carbonyl (C=O) groups is 4. The number of thiophene rings is 1. The lowest BCUT2D eigenvalue weighted by molar-refractivity contribution is -0.140. The summed E-state index contributed by atoms with van der Waals surface area (Å²) < 4.78 is 5.58. The largest absolute Gasteiger partial charge is 0.507 e. The fourth-order valence-electron chi connectivity index (χ4n) is 6.47. The van der Waals surface area contributed by atoms with Crippen molar-refractivity contribution < 1.29 is 29.0 Å². The summed E-state index contributed by atoms with van der Waals surface area (Å²) in [4.78, 5) is 56.1. The SMILES string of the molecule is COc1cccc(O)c1C1C2=CCC3C(=O)N(Cc4cccs4)C(=O)C3C2CC2=C1C(=O)C(C)=CC2=O. The van der Waals surface area contributed by atoms with E-state index in [0.29, 0.717) is 34.5 Å². The normalized spacial score (nSPS) is 27.0. The minimum Gasteiger partial charge on any atom is -0.507 e. The van der Waals surface area contributed by atoms with Crippen molar-refractivity contribution in [3.8, 4) is 11.5 Å². The molecule has 1 saturated heterocycles. The summed E-state index contributed by atoms with van der Waals surface area (Å²) >= 11 is 1.49. The summed E-state index contributed by atoms with van der Waals surface area (Å²) in [6.07, 6.45) is 3.85. The topological polar surface area (TPSA) is 101 Å². The molecule has 0 bridgehead atoms. The molecule has 0 radical (unpaired) electrons. The van der Waals surface area contributed by atoms with Crippen molar-refractivity contribution in [2.75, 3.05) is 7.11 Å². The van der Waals surface area contributed by atoms with E-state index in [4.69, 9.17) is 4.74 Å². The van der Waals surface area contributed by atoms with Gasteiger partial charge < -0.3 is 9.84 Å². The lowest BCUT2D eigenvalue weighted by Crippen LogP contribution is -2.39. The van der Waals surface area contributed by atoms with Crippen LogP contribution in [0, 0.1) is 17.8 Å². The van der Waals surface area contributed by atoms with Crippen molar-refractivity contribution in [3.05, 3.63) is 80.6 Å². The van der Waals surface area contributed by atoms with Gasteiger partial charge in [-0.05, 0) is 55.3 Å². The van der Waals surface area contributed by atoms with Crippen LogP contribution in [0.1, 0.15) is 36.1 Å². The highest BCUT2D eigenvalue weighted by atomic mass is 32.1. The highest BCUT2D eigenvalue weighted by Gasteiger charge is 2.56. The van der Waals surface area contributed by atoms with E-state index in [9.17, 15) is 24.3 Å². The Balaban J connectivity index is 1.50. The molecule has 6 rings (SSSR count). The van der Waals surface area contributed by atoms with Gasteiger partial charge in [-0.3, -0.25) is 24.1 Å². The number of benzene rings is 1. The predicted octanol–water partition coefficient (Wildman–Crippen LogP) is 4.09. The lowest BCUT2D eigenvalue weighted by atomic mass is 9.59. The van der Waals surface area contributed by atoms with Crippen LogP contribution >= 0.6 is 11.3 Å². The number of likely N-dealkylation sites (tertiary alicyclic amines) is 1. The first kappa shape index (κ1) is 23.6. The van der Waals surface area contributed by atoms with E-state index in [1.165, 1.54) is 35.5 Å². The van der Waals surface area contributed by atoms with E-state index in [1.54, 1.807) is 19.1 Å². The molecule has 1 aromatic heterocycles. The van der Waals surface area contributed by atoms with Crippen LogP contribution in [-0.4, -0.2) is 40.5 Å². The monoisotopic (exact) mass is 515 g/mol. The quantitative estimate of drug-likeness (QED) is 0.374. The number of nitrogens with zero attached hydrogens (tertiary/aromatic N) is 1. The smallest absolute Gasteiger partial charge is 0.234 e. The van der Waals surface area contributed by atoms with Crippen molar-refractivity contribution in [1.82, 2.24) is 4.90 Å². The van der Waals surface area contributed by atoms with Gasteiger partial charge in [0.25, 0.3) is 0 Å². The van der Waals surface area contributed by atoms with Gasteiger partial charge in [0.15, 0.2) is 11.6 Å². The third-order valence-electron chi connectivity index (χ3n) is 8.10. The number of methoxy groups -OCH3 is 1. The molecule has 1 aromatic carbocycles. The second-order valence-corrected chi connectivity index (χ2v) is 11.0. The van der Waals surface area contributed by atoms with Crippen LogP contribution in [0.4, 0.5) is 0 Å². The molecule has 1 aliphatic heterocycles. The van der Waals surface area contributed by atoms with Gasteiger partial charge in [0.1, 0.15) is 11.5 Å². The molecule has 188 valence electrons. The highest BCUT2D eigenvalue weighted by molar-refractivity contribution is 7.09. The number of carbonyl (C=O) groups excluding carboxylic acids is 4. The van der Waals surface area contributed by atoms with Crippen LogP contribution in [0.3, 0.4) is 0 Å². The molecule has 4 atom stereocenters. The van der Waals surface area contributed by atoms with Crippen molar-refractivity contribution in [2.45, 2.75) is 32.2 Å². The molecule has 0 spiro atoms. The zero-order valence-corrected chi connectivity index (χ0v) is 21.2. The average Bonchev–Trinajstić information content (AvgIpc) is 3.49. The number of phenols is 1. The molecule has 1 N–H and O–H groups in total. The summed E-state index contributed by atoms with van der Waals surface area (Å²) in [5, 5.41) is 12.9. The molecule has 3 aliphatic carbocycles. The molecule has 37 heavy (non-hydrogen) atoms. The molecule has 7 nitrogen and oxygen atoms in total. The number of Topliss-reactive ketones (excluding diaryl/α,β-unsaturated/α-hetero) is 1. The Morgan fingerprint density at radius 3 is 2.62 bits per heavy atom. The van der Waals surface area contributed by atoms with E-state index >= 15 is 0 Å². The fourth-order valence-corrected chi connectivity index (χ4v) is 7.17. The van der Waals surface area contributed by atoms with Gasteiger partial charge in [-0.2, -0.15) is 0 Å². The van der Waals surface area contributed by atoms with Crippen molar-refractivity contribution in [2.24, 2.45) is 17.8 Å². The number of imide groups is 1. The van der Waals surface area contributed by atoms with Gasteiger partial charge >= 0.3 is 0 Å². The lowest BCUT2D eigenvalue weighted by Gasteiger charge is -2.42. The zero-order chi connectivity index (χ0) is 26.0. The summed E-state index contributed by atoms with van der Waals surface area (Å²) in [5.41, 5.74) is 2.21. The number of ether oxygens (including phenoxy) is 1. The maximum atomic E-state index is 13.8. The van der Waals surface area contributed by atoms with Crippen molar-refractivity contribution in [1.29, 1.82) is 0 Å². The molecule has 2 amide bonds. The molecular weight excluding hydrogens is 490 g/mol. The third-order valence-corrected chi connectivity index (χ3v) is 8.96. The second-order valence-electron chi connectivity index (χ2n) is 9.96. The summed E-state index contributed by atoms with van der Waals surface area (Å²) in [6.45, 7) is 1.84. The maximum Gasteiger partial charge on any atom is 0.234 e. The Morgan fingerprint density at radius 1 is 1.08 bits per heavy atom. The Hall–Kier alpha value is -3.78. The minimum atomic E-state index is -0.750. The standard InChI is InChI=1S/C29H25NO6S/c1-14-11-21(32)19-12-18-16(24(25(19)27(14)33)26-20(31)6-3-7-22(26)36-2)8-9-17-23(18)29(35)30(28(17)34)13-15-5-4-10-37-15/h3-8,10-11,17-18,23-24,31H,9,12-13H2,1-2H3. The van der Waals surface area contributed by atoms with Gasteiger partial charge in [-0.25, -0.2) is 0 Å². The summed E-state index contributed by atoms with van der Waals surface area (Å²) in [6, 6.07) is 8.67. The first-order chi connectivity index (χ1) is 17.8. The van der Waals surface area contributed by atoms with Crippen LogP contribution in [0.15, 0.2) is 70.2 Å². The molecule has 2 aromatic rings. The van der Waals surface area contributed by atoms with Gasteiger partial charge in [0.2, 0.25) is 11.8 Å². The average molecular weight is 516 g/mol. The number of fused-ring (bicyclic) bond motifs is 3. The molecule has 1 fully saturated rings. The zero-order valence-electron chi connectivity index (χ0n) is 20.4. The maximum absolute atomic E-state index is 13.8. The number of aromatic hydroxyl groups is 1. The fraction of sp³-hybridized carbons (Fsp3) is 0.310. The van der Waals surface area contributed by atoms with Crippen LogP contribution in [0.2, 0.25) is 0 Å². The molecule has 2 heterocycles. The van der Waals surface area contributed by atoms with Gasteiger partial charge in [-0.1, -0.05) is 23.8 Å². The minimum absolute atomic E-state index is 0.0551. The number of phenolic OH excluding ortho intramolecular Hbond substituents is 1. The van der Waals surface area contributed by atoms with Crippen LogP contribution in [0.25, 0.3) is 0 Å². The second kappa shape index (κ2) is 8.66. The Morgan fingerprint density at radius 2 is 1.89 bits per heavy atom. The summed E-state index contributed by atoms with van der Waals surface area (Å²) in [7, 11) is 1.49. The Labute approximate surface area is 217 Å². The van der Waals surface area contributed by atoms with Crippen LogP contribution < -0.4 is 4.74 Å². The summed E-state index contributed by atoms with van der Waals surface area (Å²) in [5.74, 6) is -2.96. The highest BCUT2D eigenvalue weighted by Crippen LogP contribution is 2.57. The number of allylic oxidation sites excluding steroid dienone is 6. The third kappa shape index (κ3) is 3.46. The first-order valence-electron chi connectivity index (χ1n) is 12.3. The molecule has 4 unspecified atom stereocenters. The number of rotatable bonds is 4. The van der Waals surface area contributed by atoms with Crippen LogP contribution in [0.5, 0.6) is 11.5 Å². The van der Waals surface area contributed by atoms with E-state index in [1.807, 2.05) is 23.6 Å². The van der Waals surface area contributed by atoms with Gasteiger partial charge in [0, 0.05) is 33.1 Å². The Kier molecular flexibility index (Phi) is 5.53. The molecular formula is C29H25NO6S. The molecule has 0 saturated carbocycles. The molecule has 4 aliphatic rings. The Bertz CT molecular complexity index is 1460. The van der Waals surface area contributed by atoms with Crippen LogP contribution in [-0.2, 0) is 25.7 Å². The van der Waals surface area contributed by atoms with E-state index < -0.39 is 23.7 Å². The number of ketones is 2. The number of hydrogen-bond acceptors (Lipinski definition) is 7. The van der Waals surface area contributed by atoms with E-state index in [0.717, 1.165) is 10.5 Å².